The lowest BCUT2D eigenvalue weighted by molar-refractivity contribution is -0.140. The first-order valence-electron chi connectivity index (χ1n) is 10.1. The van der Waals surface area contributed by atoms with Gasteiger partial charge in [0.2, 0.25) is 5.89 Å². The number of para-hydroxylation sites is 1. The maximum Gasteiger partial charge on any atom is 0.437 e. The molecule has 0 aliphatic heterocycles. The quantitative estimate of drug-likeness (QED) is 0.438. The molecule has 0 aliphatic carbocycles. The van der Waals surface area contributed by atoms with Gasteiger partial charge < -0.3 is 15.6 Å². The van der Waals surface area contributed by atoms with E-state index in [0.29, 0.717) is 17.6 Å². The van der Waals surface area contributed by atoms with Gasteiger partial charge in [0.15, 0.2) is 11.5 Å². The van der Waals surface area contributed by atoms with Gasteiger partial charge in [-0.05, 0) is 19.1 Å². The fourth-order valence-electron chi connectivity index (χ4n) is 3.34. The molecule has 4 aromatic rings. The van der Waals surface area contributed by atoms with E-state index in [1.54, 1.807) is 31.2 Å². The molecule has 0 unspecified atom stereocenters. The van der Waals surface area contributed by atoms with Gasteiger partial charge in [-0.15, -0.1) is 0 Å². The molecule has 3 heterocycles. The number of aromatic nitrogens is 5. The zero-order valence-corrected chi connectivity index (χ0v) is 18.0. The Labute approximate surface area is 190 Å². The molecule has 1 aromatic carbocycles. The number of benzene rings is 1. The second-order valence-electron chi connectivity index (χ2n) is 7.31. The van der Waals surface area contributed by atoms with Gasteiger partial charge in [0, 0.05) is 11.8 Å². The van der Waals surface area contributed by atoms with E-state index < -0.39 is 29.4 Å². The number of fused-ring (bicyclic) bond motifs is 1. The van der Waals surface area contributed by atoms with E-state index in [1.807, 2.05) is 0 Å². The smallest absolute Gasteiger partial charge is 0.364 e. The molecule has 0 aliphatic rings. The van der Waals surface area contributed by atoms with Crippen LogP contribution in [0.15, 0.2) is 34.9 Å². The van der Waals surface area contributed by atoms with Crippen molar-refractivity contribution in [3.63, 3.8) is 0 Å². The molecule has 13 heteroatoms. The van der Waals surface area contributed by atoms with Crippen LogP contribution in [0.2, 0.25) is 0 Å². The molecular formula is C21H18F3N7O3. The highest BCUT2D eigenvalue weighted by atomic mass is 19.4. The molecule has 0 bridgehead atoms. The van der Waals surface area contributed by atoms with Crippen molar-refractivity contribution in [2.24, 2.45) is 5.73 Å². The van der Waals surface area contributed by atoms with Crippen LogP contribution in [-0.2, 0) is 19.1 Å². The van der Waals surface area contributed by atoms with Crippen molar-refractivity contribution in [3.8, 4) is 0 Å². The summed E-state index contributed by atoms with van der Waals surface area (Å²) in [6.07, 6.45) is -4.37. The van der Waals surface area contributed by atoms with E-state index >= 15 is 0 Å². The summed E-state index contributed by atoms with van der Waals surface area (Å²) in [7, 11) is 0. The fourth-order valence-corrected chi connectivity index (χ4v) is 3.34. The zero-order valence-electron chi connectivity index (χ0n) is 18.0. The van der Waals surface area contributed by atoms with Crippen LogP contribution in [0.1, 0.15) is 50.9 Å². The average Bonchev–Trinajstić information content (AvgIpc) is 3.38. The molecule has 3 aromatic heterocycles. The standard InChI is InChI=1S/C21H18F3N7O3/c1-3-15-27-16(34-30-15)9-31-10(2)17(18(29-31)21(22,23)24)28-20(33)12-8-14(19(25)32)26-13-7-5-4-6-11(12)13/h4-8H,3,9H2,1-2H3,(H2,25,32)(H,28,33). The zero-order chi connectivity index (χ0) is 24.6. The molecule has 0 spiro atoms. The van der Waals surface area contributed by atoms with E-state index in [-0.39, 0.29) is 34.9 Å². The van der Waals surface area contributed by atoms with E-state index in [0.717, 1.165) is 10.7 Å². The van der Waals surface area contributed by atoms with E-state index in [4.69, 9.17) is 10.3 Å². The van der Waals surface area contributed by atoms with E-state index in [1.165, 1.54) is 6.92 Å². The summed E-state index contributed by atoms with van der Waals surface area (Å²) in [6.45, 7) is 2.95. The number of primary amides is 1. The number of amides is 2. The Morgan fingerprint density at radius 1 is 1.21 bits per heavy atom. The summed E-state index contributed by atoms with van der Waals surface area (Å²) in [5, 5.41) is 9.97. The molecule has 0 atom stereocenters. The van der Waals surface area contributed by atoms with E-state index in [2.05, 4.69) is 25.5 Å². The van der Waals surface area contributed by atoms with Crippen molar-refractivity contribution < 1.29 is 27.3 Å². The highest BCUT2D eigenvalue weighted by molar-refractivity contribution is 6.14. The minimum Gasteiger partial charge on any atom is -0.364 e. The van der Waals surface area contributed by atoms with Crippen LogP contribution in [0.5, 0.6) is 0 Å². The number of aryl methyl sites for hydroxylation is 1. The summed E-state index contributed by atoms with van der Waals surface area (Å²) in [5.41, 5.74) is 3.52. The number of alkyl halides is 3. The van der Waals surface area contributed by atoms with Gasteiger partial charge in [-0.3, -0.25) is 14.3 Å². The predicted octanol–water partition coefficient (Wildman–Crippen LogP) is 3.10. The Morgan fingerprint density at radius 3 is 2.59 bits per heavy atom. The average molecular weight is 473 g/mol. The number of halogens is 3. The third-order valence-corrected chi connectivity index (χ3v) is 5.04. The Kier molecular flexibility index (Phi) is 5.77. The number of nitrogens with zero attached hydrogens (tertiary/aromatic N) is 5. The largest absolute Gasteiger partial charge is 0.437 e. The second-order valence-corrected chi connectivity index (χ2v) is 7.31. The van der Waals surface area contributed by atoms with Gasteiger partial charge in [0.25, 0.3) is 11.8 Å². The van der Waals surface area contributed by atoms with Crippen molar-refractivity contribution in [1.82, 2.24) is 24.9 Å². The van der Waals surface area contributed by atoms with E-state index in [9.17, 15) is 22.8 Å². The number of rotatable bonds is 6. The SMILES string of the molecule is CCc1noc(Cn2nc(C(F)(F)F)c(NC(=O)c3cc(C(N)=O)nc4ccccc34)c2C)n1. The molecule has 0 saturated carbocycles. The lowest BCUT2D eigenvalue weighted by Gasteiger charge is -2.11. The molecule has 0 saturated heterocycles. The summed E-state index contributed by atoms with van der Waals surface area (Å²) in [6, 6.07) is 7.52. The van der Waals surface area contributed by atoms with Gasteiger partial charge in [-0.25, -0.2) is 4.98 Å². The topological polar surface area (TPSA) is 142 Å². The van der Waals surface area contributed by atoms with Crippen LogP contribution in [0.3, 0.4) is 0 Å². The van der Waals surface area contributed by atoms with Crippen LogP contribution in [0.25, 0.3) is 10.9 Å². The second kappa shape index (κ2) is 8.57. The van der Waals surface area contributed by atoms with Crippen molar-refractivity contribution in [2.45, 2.75) is 33.0 Å². The molecule has 0 radical (unpaired) electrons. The molecule has 34 heavy (non-hydrogen) atoms. The maximum absolute atomic E-state index is 13.8. The minimum atomic E-state index is -4.86. The van der Waals surface area contributed by atoms with Crippen LogP contribution in [0.4, 0.5) is 18.9 Å². The molecule has 2 amide bonds. The number of anilines is 1. The Bertz CT molecular complexity index is 1410. The first kappa shape index (κ1) is 22.9. The van der Waals surface area contributed by atoms with Crippen molar-refractivity contribution >= 4 is 28.4 Å². The molecule has 3 N–H and O–H groups in total. The van der Waals surface area contributed by atoms with Gasteiger partial charge in [-0.2, -0.15) is 23.3 Å². The molecule has 176 valence electrons. The number of carbonyl (C=O) groups excluding carboxylic acids is 2. The minimum absolute atomic E-state index is 0.0189. The number of nitrogens with one attached hydrogen (secondary N) is 1. The fraction of sp³-hybridized carbons (Fsp3) is 0.238. The number of nitrogens with two attached hydrogens (primary N) is 1. The first-order valence-corrected chi connectivity index (χ1v) is 10.1. The van der Waals surface area contributed by atoms with Crippen LogP contribution < -0.4 is 11.1 Å². The van der Waals surface area contributed by atoms with Crippen molar-refractivity contribution in [3.05, 3.63) is 64.7 Å². The number of hydrogen-bond acceptors (Lipinski definition) is 7. The Balaban J connectivity index is 1.75. The molecule has 4 rings (SSSR count). The molecule has 0 fully saturated rings. The monoisotopic (exact) mass is 473 g/mol. The number of hydrogen-bond donors (Lipinski definition) is 2. The lowest BCUT2D eigenvalue weighted by Crippen LogP contribution is -2.19. The summed E-state index contributed by atoms with van der Waals surface area (Å²) >= 11 is 0. The Morgan fingerprint density at radius 2 is 1.94 bits per heavy atom. The van der Waals surface area contributed by atoms with Gasteiger partial charge >= 0.3 is 6.18 Å². The normalized spacial score (nSPS) is 11.7. The highest BCUT2D eigenvalue weighted by Crippen LogP contribution is 2.36. The van der Waals surface area contributed by atoms with Crippen LogP contribution >= 0.6 is 0 Å². The third-order valence-electron chi connectivity index (χ3n) is 5.04. The number of carbonyl (C=O) groups is 2. The summed E-state index contributed by atoms with van der Waals surface area (Å²) in [4.78, 5) is 32.9. The summed E-state index contributed by atoms with van der Waals surface area (Å²) in [5.74, 6) is -1.30. The molecular weight excluding hydrogens is 455 g/mol. The first-order chi connectivity index (χ1) is 16.1. The van der Waals surface area contributed by atoms with Crippen molar-refractivity contribution in [1.29, 1.82) is 0 Å². The predicted molar refractivity (Wildman–Crippen MR) is 113 cm³/mol. The van der Waals surface area contributed by atoms with Crippen molar-refractivity contribution in [2.75, 3.05) is 5.32 Å². The Hall–Kier alpha value is -4.29. The van der Waals surface area contributed by atoms with Gasteiger partial charge in [0.05, 0.1) is 22.5 Å². The summed E-state index contributed by atoms with van der Waals surface area (Å²) < 4.78 is 47.4. The third kappa shape index (κ3) is 4.31. The maximum atomic E-state index is 13.8. The van der Waals surface area contributed by atoms with Gasteiger partial charge in [-0.1, -0.05) is 30.3 Å². The number of pyridine rings is 1. The van der Waals surface area contributed by atoms with Crippen LogP contribution in [0, 0.1) is 6.92 Å². The highest BCUT2D eigenvalue weighted by Gasteiger charge is 2.39. The molecule has 10 nitrogen and oxygen atoms in total. The van der Waals surface area contributed by atoms with Crippen LogP contribution in [-0.4, -0.2) is 36.7 Å². The lowest BCUT2D eigenvalue weighted by atomic mass is 10.1. The van der Waals surface area contributed by atoms with Gasteiger partial charge in [0.1, 0.15) is 12.2 Å².